The predicted octanol–water partition coefficient (Wildman–Crippen LogP) is 2.70. The molecule has 7 nitrogen and oxygen atoms in total. The van der Waals surface area contributed by atoms with Crippen LogP contribution in [0.25, 0.3) is 11.1 Å². The summed E-state index contributed by atoms with van der Waals surface area (Å²) in [7, 11) is 0. The van der Waals surface area contributed by atoms with Gasteiger partial charge in [-0.15, -0.1) is 5.10 Å². The van der Waals surface area contributed by atoms with Gasteiger partial charge in [-0.2, -0.15) is 5.10 Å². The number of hydrogen-bond acceptors (Lipinski definition) is 7. The quantitative estimate of drug-likeness (QED) is 0.639. The Labute approximate surface area is 154 Å². The second-order valence-electron chi connectivity index (χ2n) is 6.12. The Kier molecular flexibility index (Phi) is 4.75. The first-order valence-electron chi connectivity index (χ1n) is 8.40. The third-order valence-corrected chi connectivity index (χ3v) is 4.96. The first-order valence-corrected chi connectivity index (χ1v) is 9.39. The Morgan fingerprint density at radius 1 is 1.31 bits per heavy atom. The Hall–Kier alpha value is -2.61. The van der Waals surface area contributed by atoms with Gasteiger partial charge >= 0.3 is 0 Å². The largest absolute Gasteiger partial charge is 0.471 e. The standard InChI is InChI=1S/C18H18N4O3S/c1-12-6-7-16(21-20-12)24-13-8-9-22(10-13)17(23)11-26-18-19-14-4-2-3-5-15(14)25-18/h2-7,13H,8-11H2,1H3. The average molecular weight is 370 g/mol. The molecule has 1 saturated heterocycles. The van der Waals surface area contributed by atoms with Crippen LogP contribution in [0.3, 0.4) is 0 Å². The number of aromatic nitrogens is 3. The SMILES string of the molecule is Cc1ccc(OC2CCN(C(=O)CSc3nc4ccccc4o3)C2)nn1. The lowest BCUT2D eigenvalue weighted by atomic mass is 10.3. The first kappa shape index (κ1) is 16.8. The number of likely N-dealkylation sites (tertiary alicyclic amines) is 1. The van der Waals surface area contributed by atoms with E-state index in [9.17, 15) is 4.79 Å². The van der Waals surface area contributed by atoms with Crippen molar-refractivity contribution in [2.75, 3.05) is 18.8 Å². The summed E-state index contributed by atoms with van der Waals surface area (Å²) in [4.78, 5) is 18.6. The van der Waals surface area contributed by atoms with Crippen LogP contribution in [-0.2, 0) is 4.79 Å². The maximum absolute atomic E-state index is 12.4. The zero-order valence-electron chi connectivity index (χ0n) is 14.3. The molecule has 2 aromatic heterocycles. The molecule has 0 radical (unpaired) electrons. The van der Waals surface area contributed by atoms with Crippen LogP contribution in [0.15, 0.2) is 46.0 Å². The summed E-state index contributed by atoms with van der Waals surface area (Å²) in [6, 6.07) is 11.2. The molecule has 4 rings (SSSR count). The predicted molar refractivity (Wildman–Crippen MR) is 97.1 cm³/mol. The Balaban J connectivity index is 1.29. The molecule has 0 spiro atoms. The van der Waals surface area contributed by atoms with E-state index in [1.54, 1.807) is 6.07 Å². The Morgan fingerprint density at radius 2 is 2.19 bits per heavy atom. The van der Waals surface area contributed by atoms with E-state index in [0.29, 0.717) is 29.9 Å². The van der Waals surface area contributed by atoms with Gasteiger partial charge in [0.15, 0.2) is 5.58 Å². The summed E-state index contributed by atoms with van der Waals surface area (Å²) in [6.45, 7) is 3.11. The molecule has 1 unspecified atom stereocenters. The van der Waals surface area contributed by atoms with Gasteiger partial charge in [0, 0.05) is 19.0 Å². The van der Waals surface area contributed by atoms with Crippen molar-refractivity contribution < 1.29 is 13.9 Å². The fourth-order valence-corrected chi connectivity index (χ4v) is 3.54. The number of para-hydroxylation sites is 2. The van der Waals surface area contributed by atoms with Gasteiger partial charge in [0.1, 0.15) is 11.6 Å². The lowest BCUT2D eigenvalue weighted by Crippen LogP contribution is -2.32. The molecule has 1 amide bonds. The van der Waals surface area contributed by atoms with Crippen LogP contribution >= 0.6 is 11.8 Å². The van der Waals surface area contributed by atoms with Gasteiger partial charge in [0.2, 0.25) is 11.8 Å². The maximum atomic E-state index is 12.4. The van der Waals surface area contributed by atoms with E-state index in [2.05, 4.69) is 15.2 Å². The zero-order valence-corrected chi connectivity index (χ0v) is 15.1. The molecular weight excluding hydrogens is 352 g/mol. The minimum atomic E-state index is -0.0507. The lowest BCUT2D eigenvalue weighted by Gasteiger charge is -2.16. The van der Waals surface area contributed by atoms with Crippen LogP contribution in [0.1, 0.15) is 12.1 Å². The molecule has 0 bridgehead atoms. The van der Waals surface area contributed by atoms with E-state index in [0.717, 1.165) is 23.2 Å². The smallest absolute Gasteiger partial charge is 0.257 e. The summed E-state index contributed by atoms with van der Waals surface area (Å²) in [5.74, 6) is 0.846. The molecule has 1 fully saturated rings. The van der Waals surface area contributed by atoms with Crippen molar-refractivity contribution in [2.45, 2.75) is 24.7 Å². The Bertz CT molecular complexity index is 879. The molecule has 0 N–H and O–H groups in total. The molecule has 1 aliphatic rings. The highest BCUT2D eigenvalue weighted by Crippen LogP contribution is 2.24. The van der Waals surface area contributed by atoms with Gasteiger partial charge in [0.25, 0.3) is 5.22 Å². The van der Waals surface area contributed by atoms with Crippen molar-refractivity contribution in [3.63, 3.8) is 0 Å². The molecule has 0 saturated carbocycles. The van der Waals surface area contributed by atoms with Crippen LogP contribution in [0.5, 0.6) is 5.88 Å². The summed E-state index contributed by atoms with van der Waals surface area (Å²) >= 11 is 1.32. The number of oxazole rings is 1. The fourth-order valence-electron chi connectivity index (χ4n) is 2.80. The van der Waals surface area contributed by atoms with Crippen molar-refractivity contribution in [3.05, 3.63) is 42.1 Å². The van der Waals surface area contributed by atoms with Gasteiger partial charge in [-0.3, -0.25) is 4.79 Å². The number of rotatable bonds is 5. The number of thioether (sulfide) groups is 1. The van der Waals surface area contributed by atoms with Crippen LogP contribution in [0.2, 0.25) is 0 Å². The normalized spacial score (nSPS) is 17.0. The highest BCUT2D eigenvalue weighted by molar-refractivity contribution is 7.99. The van der Waals surface area contributed by atoms with E-state index in [1.165, 1.54) is 11.8 Å². The van der Waals surface area contributed by atoms with E-state index >= 15 is 0 Å². The maximum Gasteiger partial charge on any atom is 0.257 e. The number of amides is 1. The van der Waals surface area contributed by atoms with Crippen molar-refractivity contribution in [3.8, 4) is 5.88 Å². The summed E-state index contributed by atoms with van der Waals surface area (Å²) < 4.78 is 11.4. The molecule has 3 aromatic rings. The van der Waals surface area contributed by atoms with Crippen LogP contribution in [0.4, 0.5) is 0 Å². The zero-order chi connectivity index (χ0) is 17.9. The van der Waals surface area contributed by atoms with E-state index < -0.39 is 0 Å². The third-order valence-electron chi connectivity index (χ3n) is 4.15. The molecule has 8 heteroatoms. The second kappa shape index (κ2) is 7.33. The van der Waals surface area contributed by atoms with Gasteiger partial charge in [-0.05, 0) is 25.1 Å². The lowest BCUT2D eigenvalue weighted by molar-refractivity contribution is -0.127. The number of carbonyl (C=O) groups excluding carboxylic acids is 1. The number of fused-ring (bicyclic) bond motifs is 1. The highest BCUT2D eigenvalue weighted by atomic mass is 32.2. The summed E-state index contributed by atoms with van der Waals surface area (Å²) in [6.07, 6.45) is 0.736. The number of benzene rings is 1. The first-order chi connectivity index (χ1) is 12.7. The van der Waals surface area contributed by atoms with E-state index in [4.69, 9.17) is 9.15 Å². The number of aryl methyl sites for hydroxylation is 1. The van der Waals surface area contributed by atoms with E-state index in [-0.39, 0.29) is 12.0 Å². The molecule has 1 aliphatic heterocycles. The molecule has 1 atom stereocenters. The minimum absolute atomic E-state index is 0.0507. The van der Waals surface area contributed by atoms with Crippen molar-refractivity contribution in [1.82, 2.24) is 20.1 Å². The molecule has 3 heterocycles. The number of hydrogen-bond donors (Lipinski definition) is 0. The number of nitrogens with zero attached hydrogens (tertiary/aromatic N) is 4. The van der Waals surface area contributed by atoms with Gasteiger partial charge in [-0.25, -0.2) is 4.98 Å². The molecule has 134 valence electrons. The second-order valence-corrected chi connectivity index (χ2v) is 7.04. The van der Waals surface area contributed by atoms with Crippen molar-refractivity contribution in [1.29, 1.82) is 0 Å². The van der Waals surface area contributed by atoms with Gasteiger partial charge < -0.3 is 14.1 Å². The van der Waals surface area contributed by atoms with Crippen molar-refractivity contribution in [2.24, 2.45) is 0 Å². The van der Waals surface area contributed by atoms with Crippen LogP contribution in [-0.4, -0.2) is 50.9 Å². The average Bonchev–Trinajstić information content (AvgIpc) is 3.28. The number of ether oxygens (including phenoxy) is 1. The molecule has 0 aliphatic carbocycles. The fraction of sp³-hybridized carbons (Fsp3) is 0.333. The minimum Gasteiger partial charge on any atom is -0.471 e. The van der Waals surface area contributed by atoms with Gasteiger partial charge in [-0.1, -0.05) is 23.9 Å². The monoisotopic (exact) mass is 370 g/mol. The van der Waals surface area contributed by atoms with E-state index in [1.807, 2.05) is 42.2 Å². The van der Waals surface area contributed by atoms with Gasteiger partial charge in [0.05, 0.1) is 18.0 Å². The summed E-state index contributed by atoms with van der Waals surface area (Å²) in [5.41, 5.74) is 2.38. The highest BCUT2D eigenvalue weighted by Gasteiger charge is 2.28. The molecule has 26 heavy (non-hydrogen) atoms. The summed E-state index contributed by atoms with van der Waals surface area (Å²) in [5, 5.41) is 8.50. The van der Waals surface area contributed by atoms with Crippen LogP contribution < -0.4 is 4.74 Å². The van der Waals surface area contributed by atoms with Crippen LogP contribution in [0, 0.1) is 6.92 Å². The van der Waals surface area contributed by atoms with Crippen molar-refractivity contribution >= 4 is 28.8 Å². The third kappa shape index (κ3) is 3.80. The Morgan fingerprint density at radius 3 is 3.00 bits per heavy atom. The molecule has 1 aromatic carbocycles. The topological polar surface area (TPSA) is 81.4 Å². The number of carbonyl (C=O) groups is 1. The molecular formula is C18H18N4O3S.